The average Bonchev–Trinajstić information content (AvgIpc) is 2.42. The Hall–Kier alpha value is -0.820. The number of hydrogen-bond acceptors (Lipinski definition) is 1. The topological polar surface area (TPSA) is 12.0 Å². The molecule has 0 amide bonds. The van der Waals surface area contributed by atoms with Gasteiger partial charge in [-0.05, 0) is 37.2 Å². The third-order valence-electron chi connectivity index (χ3n) is 4.36. The summed E-state index contributed by atoms with van der Waals surface area (Å²) in [4.78, 5) is 0. The van der Waals surface area contributed by atoms with Crippen LogP contribution >= 0.6 is 0 Å². The molecule has 1 nitrogen and oxygen atoms in total. The van der Waals surface area contributed by atoms with Gasteiger partial charge in [-0.25, -0.2) is 0 Å². The SMILES string of the molecule is CCCCC(CC)(CNC(C)C)Cc1cccc(C)c1. The summed E-state index contributed by atoms with van der Waals surface area (Å²) in [5.74, 6) is 0. The highest BCUT2D eigenvalue weighted by molar-refractivity contribution is 5.23. The Kier molecular flexibility index (Phi) is 7.29. The second-order valence-corrected chi connectivity index (χ2v) is 6.66. The van der Waals surface area contributed by atoms with Crippen molar-refractivity contribution in [3.8, 4) is 0 Å². The quantitative estimate of drug-likeness (QED) is 0.659. The maximum absolute atomic E-state index is 3.68. The lowest BCUT2D eigenvalue weighted by atomic mass is 9.75. The van der Waals surface area contributed by atoms with Crippen molar-refractivity contribution in [3.63, 3.8) is 0 Å². The first-order chi connectivity index (χ1) is 9.51. The summed E-state index contributed by atoms with van der Waals surface area (Å²) in [6.07, 6.45) is 6.40. The molecule has 0 aliphatic rings. The zero-order chi connectivity index (χ0) is 15.0. The van der Waals surface area contributed by atoms with E-state index < -0.39 is 0 Å². The summed E-state index contributed by atoms with van der Waals surface area (Å²) >= 11 is 0. The lowest BCUT2D eigenvalue weighted by Gasteiger charge is -2.34. The number of unbranched alkanes of at least 4 members (excludes halogenated alkanes) is 1. The van der Waals surface area contributed by atoms with E-state index in [1.165, 1.54) is 43.2 Å². The number of rotatable bonds is 9. The number of aryl methyl sites for hydroxylation is 1. The number of nitrogens with one attached hydrogen (secondary N) is 1. The second kappa shape index (κ2) is 8.46. The molecule has 1 rings (SSSR count). The van der Waals surface area contributed by atoms with Crippen molar-refractivity contribution in [1.82, 2.24) is 5.32 Å². The summed E-state index contributed by atoms with van der Waals surface area (Å²) in [5.41, 5.74) is 3.28. The summed E-state index contributed by atoms with van der Waals surface area (Å²) in [6.45, 7) is 12.5. The van der Waals surface area contributed by atoms with Crippen LogP contribution in [-0.2, 0) is 6.42 Å². The predicted molar refractivity (Wildman–Crippen MR) is 90.3 cm³/mol. The van der Waals surface area contributed by atoms with Gasteiger partial charge in [-0.3, -0.25) is 0 Å². The highest BCUT2D eigenvalue weighted by Gasteiger charge is 2.27. The van der Waals surface area contributed by atoms with E-state index in [1.54, 1.807) is 0 Å². The van der Waals surface area contributed by atoms with Gasteiger partial charge in [-0.1, -0.05) is 70.4 Å². The van der Waals surface area contributed by atoms with Crippen molar-refractivity contribution in [1.29, 1.82) is 0 Å². The van der Waals surface area contributed by atoms with E-state index in [9.17, 15) is 0 Å². The van der Waals surface area contributed by atoms with Gasteiger partial charge in [-0.15, -0.1) is 0 Å². The van der Waals surface area contributed by atoms with Crippen LogP contribution in [0.5, 0.6) is 0 Å². The summed E-state index contributed by atoms with van der Waals surface area (Å²) in [5, 5.41) is 3.68. The van der Waals surface area contributed by atoms with Crippen LogP contribution in [0, 0.1) is 12.3 Å². The maximum atomic E-state index is 3.68. The van der Waals surface area contributed by atoms with E-state index in [1.807, 2.05) is 0 Å². The zero-order valence-electron chi connectivity index (χ0n) is 14.1. The largest absolute Gasteiger partial charge is 0.314 e. The highest BCUT2D eigenvalue weighted by atomic mass is 14.9. The standard InChI is InChI=1S/C19H33N/c1-6-8-12-19(7-2,15-20-16(3)4)14-18-11-9-10-17(5)13-18/h9-11,13,16,20H,6-8,12,14-15H2,1-5H3. The van der Waals surface area contributed by atoms with Gasteiger partial charge in [0.1, 0.15) is 0 Å². The zero-order valence-corrected chi connectivity index (χ0v) is 14.1. The monoisotopic (exact) mass is 275 g/mol. The molecule has 0 aliphatic heterocycles. The molecule has 0 aromatic heterocycles. The Balaban J connectivity index is 2.83. The van der Waals surface area contributed by atoms with E-state index in [0.717, 1.165) is 6.54 Å². The van der Waals surface area contributed by atoms with Crippen LogP contribution in [0.15, 0.2) is 24.3 Å². The Morgan fingerprint density at radius 2 is 1.95 bits per heavy atom. The molecule has 0 saturated carbocycles. The molecule has 1 unspecified atom stereocenters. The average molecular weight is 275 g/mol. The van der Waals surface area contributed by atoms with Gasteiger partial charge in [0.05, 0.1) is 0 Å². The van der Waals surface area contributed by atoms with E-state index in [4.69, 9.17) is 0 Å². The van der Waals surface area contributed by atoms with Gasteiger partial charge < -0.3 is 5.32 Å². The molecule has 0 bridgehead atoms. The molecule has 1 aromatic rings. The van der Waals surface area contributed by atoms with Gasteiger partial charge in [0.2, 0.25) is 0 Å². The lowest BCUT2D eigenvalue weighted by Crippen LogP contribution is -2.39. The summed E-state index contributed by atoms with van der Waals surface area (Å²) in [6, 6.07) is 9.60. The third-order valence-corrected chi connectivity index (χ3v) is 4.36. The normalized spacial score (nSPS) is 14.5. The van der Waals surface area contributed by atoms with Gasteiger partial charge in [0.15, 0.2) is 0 Å². The molecule has 0 radical (unpaired) electrons. The van der Waals surface area contributed by atoms with E-state index in [0.29, 0.717) is 11.5 Å². The van der Waals surface area contributed by atoms with Crippen LogP contribution in [0.4, 0.5) is 0 Å². The fraction of sp³-hybridized carbons (Fsp3) is 0.684. The minimum absolute atomic E-state index is 0.411. The van der Waals surface area contributed by atoms with Crippen LogP contribution in [-0.4, -0.2) is 12.6 Å². The van der Waals surface area contributed by atoms with Crippen LogP contribution < -0.4 is 5.32 Å². The molecular formula is C19H33N. The molecule has 1 atom stereocenters. The van der Waals surface area contributed by atoms with Gasteiger partial charge in [0.25, 0.3) is 0 Å². The molecule has 114 valence electrons. The molecule has 0 aliphatic carbocycles. The Morgan fingerprint density at radius 3 is 2.50 bits per heavy atom. The van der Waals surface area contributed by atoms with Crippen molar-refractivity contribution in [3.05, 3.63) is 35.4 Å². The van der Waals surface area contributed by atoms with E-state index in [2.05, 4.69) is 64.2 Å². The fourth-order valence-corrected chi connectivity index (χ4v) is 2.89. The molecule has 0 spiro atoms. The first-order valence-electron chi connectivity index (χ1n) is 8.30. The Labute approximate surface area is 126 Å². The molecule has 1 N–H and O–H groups in total. The minimum Gasteiger partial charge on any atom is -0.314 e. The predicted octanol–water partition coefficient (Wildman–Crippen LogP) is 5.12. The van der Waals surface area contributed by atoms with Crippen molar-refractivity contribution >= 4 is 0 Å². The molecular weight excluding hydrogens is 242 g/mol. The smallest absolute Gasteiger partial charge is 0.00133 e. The van der Waals surface area contributed by atoms with Crippen molar-refractivity contribution in [2.75, 3.05) is 6.54 Å². The van der Waals surface area contributed by atoms with Crippen molar-refractivity contribution in [2.45, 2.75) is 72.8 Å². The number of benzene rings is 1. The Bertz CT molecular complexity index is 383. The van der Waals surface area contributed by atoms with Gasteiger partial charge >= 0.3 is 0 Å². The molecule has 20 heavy (non-hydrogen) atoms. The molecule has 1 aromatic carbocycles. The van der Waals surface area contributed by atoms with Gasteiger partial charge in [-0.2, -0.15) is 0 Å². The van der Waals surface area contributed by atoms with E-state index >= 15 is 0 Å². The van der Waals surface area contributed by atoms with Crippen LogP contribution in [0.2, 0.25) is 0 Å². The first-order valence-corrected chi connectivity index (χ1v) is 8.30. The van der Waals surface area contributed by atoms with Crippen LogP contribution in [0.3, 0.4) is 0 Å². The van der Waals surface area contributed by atoms with Crippen molar-refractivity contribution < 1.29 is 0 Å². The summed E-state index contributed by atoms with van der Waals surface area (Å²) < 4.78 is 0. The maximum Gasteiger partial charge on any atom is 0.00133 e. The van der Waals surface area contributed by atoms with Crippen LogP contribution in [0.1, 0.15) is 64.5 Å². The lowest BCUT2D eigenvalue weighted by molar-refractivity contribution is 0.223. The third kappa shape index (κ3) is 5.66. The van der Waals surface area contributed by atoms with Crippen molar-refractivity contribution in [2.24, 2.45) is 5.41 Å². The highest BCUT2D eigenvalue weighted by Crippen LogP contribution is 2.33. The van der Waals surface area contributed by atoms with Gasteiger partial charge in [0, 0.05) is 12.6 Å². The molecule has 0 saturated heterocycles. The van der Waals surface area contributed by atoms with Crippen LogP contribution in [0.25, 0.3) is 0 Å². The molecule has 1 heteroatoms. The second-order valence-electron chi connectivity index (χ2n) is 6.66. The number of hydrogen-bond donors (Lipinski definition) is 1. The minimum atomic E-state index is 0.411. The van der Waals surface area contributed by atoms with E-state index in [-0.39, 0.29) is 0 Å². The molecule has 0 heterocycles. The molecule has 0 fully saturated rings. The Morgan fingerprint density at radius 1 is 1.20 bits per heavy atom. The summed E-state index contributed by atoms with van der Waals surface area (Å²) in [7, 11) is 0. The first kappa shape index (κ1) is 17.2. The fourth-order valence-electron chi connectivity index (χ4n) is 2.89.